The second-order valence-electron chi connectivity index (χ2n) is 1.44. The molecule has 4 N–H and O–H groups in total. The van der Waals surface area contributed by atoms with Crippen LogP contribution >= 0.6 is 0 Å². The maximum atomic E-state index is 10.3. The van der Waals surface area contributed by atoms with Gasteiger partial charge in [0.2, 0.25) is 0 Å². The summed E-state index contributed by atoms with van der Waals surface area (Å²) in [6.07, 6.45) is -0.486. The molecule has 7 heavy (non-hydrogen) atoms. The molecule has 0 aliphatic carbocycles. The Bertz CT molecular complexity index is 92.2. The maximum Gasteiger partial charge on any atom is 0.180 e. The first-order valence-electron chi connectivity index (χ1n) is 2.07. The Morgan fingerprint density at radius 2 is 2.57 bits per heavy atom. The Labute approximate surface area is 41.0 Å². The third-order valence-electron chi connectivity index (χ3n) is 0.867. The molecule has 0 saturated carbocycles. The van der Waals surface area contributed by atoms with Gasteiger partial charge in [-0.3, -0.25) is 4.79 Å². The van der Waals surface area contributed by atoms with Crippen LogP contribution in [0.3, 0.4) is 0 Å². The van der Waals surface area contributed by atoms with Crippen molar-refractivity contribution in [2.45, 2.75) is 6.17 Å². The van der Waals surface area contributed by atoms with E-state index >= 15 is 0 Å². The first-order valence-corrected chi connectivity index (χ1v) is 2.07. The molecule has 0 aromatic heterocycles. The summed E-state index contributed by atoms with van der Waals surface area (Å²) >= 11 is 0. The highest BCUT2D eigenvalue weighted by Crippen LogP contribution is 1.78. The van der Waals surface area contributed by atoms with Crippen molar-refractivity contribution in [3.05, 3.63) is 0 Å². The number of nitrogens with two attached hydrogens (primary N) is 1. The van der Waals surface area contributed by atoms with Gasteiger partial charge in [-0.05, 0) is 0 Å². The van der Waals surface area contributed by atoms with E-state index in [1.165, 1.54) is 0 Å². The summed E-state index contributed by atoms with van der Waals surface area (Å²) in [5.74, 6) is 0.0139. The fraction of sp³-hybridized carbons (Fsp3) is 0.667. The monoisotopic (exact) mass is 101 g/mol. The summed E-state index contributed by atoms with van der Waals surface area (Å²) < 4.78 is 0. The highest BCUT2D eigenvalue weighted by atomic mass is 16.1. The molecule has 1 unspecified atom stereocenters. The first kappa shape index (κ1) is 4.70. The maximum absolute atomic E-state index is 10.3. The van der Waals surface area contributed by atoms with Crippen LogP contribution in [0.15, 0.2) is 0 Å². The Morgan fingerprint density at radius 3 is 2.71 bits per heavy atom. The van der Waals surface area contributed by atoms with E-state index < -0.39 is 6.17 Å². The molecule has 1 rings (SSSR count). The highest BCUT2D eigenvalue weighted by molar-refractivity contribution is 5.86. The summed E-state index contributed by atoms with van der Waals surface area (Å²) in [6.45, 7) is 0.348. The van der Waals surface area contributed by atoms with Crippen molar-refractivity contribution >= 4 is 5.78 Å². The zero-order valence-corrected chi connectivity index (χ0v) is 3.77. The summed E-state index contributed by atoms with van der Waals surface area (Å²) in [5, 5.41) is 0. The van der Waals surface area contributed by atoms with Crippen LogP contribution in [-0.2, 0) is 4.79 Å². The summed E-state index contributed by atoms with van der Waals surface area (Å²) in [7, 11) is 0. The van der Waals surface area contributed by atoms with Gasteiger partial charge >= 0.3 is 0 Å². The number of ketones is 1. The van der Waals surface area contributed by atoms with Crippen LogP contribution in [0.1, 0.15) is 0 Å². The lowest BCUT2D eigenvalue weighted by molar-refractivity contribution is -0.117. The Morgan fingerprint density at radius 1 is 1.86 bits per heavy atom. The molecule has 0 aromatic carbocycles. The number of carbonyl (C=O) groups excluding carboxylic acids is 1. The molecule has 0 spiro atoms. The van der Waals surface area contributed by atoms with Crippen molar-refractivity contribution < 1.29 is 4.79 Å². The number of hydrogen-bond acceptors (Lipinski definition) is 4. The van der Waals surface area contributed by atoms with Crippen LogP contribution < -0.4 is 16.6 Å². The first-order chi connectivity index (χ1) is 3.30. The minimum absolute atomic E-state index is 0.0139. The van der Waals surface area contributed by atoms with Gasteiger partial charge in [0.05, 0.1) is 6.54 Å². The molecule has 0 bridgehead atoms. The van der Waals surface area contributed by atoms with Gasteiger partial charge in [0.1, 0.15) is 6.17 Å². The van der Waals surface area contributed by atoms with Crippen LogP contribution in [0, 0.1) is 0 Å². The fourth-order valence-electron chi connectivity index (χ4n) is 0.439. The predicted molar refractivity (Wildman–Crippen MR) is 24.1 cm³/mol. The number of nitrogens with one attached hydrogen (secondary N) is 2. The summed E-state index contributed by atoms with van der Waals surface area (Å²) in [6, 6.07) is 0. The lowest BCUT2D eigenvalue weighted by Gasteiger charge is -1.94. The Balaban J connectivity index is 2.48. The smallest absolute Gasteiger partial charge is 0.180 e. The van der Waals surface area contributed by atoms with Crippen LogP contribution in [0.25, 0.3) is 0 Å². The molecular weight excluding hydrogens is 94.1 g/mol. The normalized spacial score (nSPS) is 31.6. The topological polar surface area (TPSA) is 67.2 Å². The highest BCUT2D eigenvalue weighted by Gasteiger charge is 2.17. The number of carbonyl (C=O) groups is 1. The number of Topliss-reactive ketones (excluding diaryl/α,β-unsaturated/α-hetero) is 1. The van der Waals surface area contributed by atoms with Gasteiger partial charge in [0.25, 0.3) is 0 Å². The molecule has 1 aliphatic rings. The average Bonchev–Trinajstić information content (AvgIpc) is 1.91. The molecule has 0 radical (unpaired) electrons. The van der Waals surface area contributed by atoms with E-state index in [1.54, 1.807) is 0 Å². The van der Waals surface area contributed by atoms with Crippen molar-refractivity contribution in [3.8, 4) is 0 Å². The Hall–Kier alpha value is -0.450. The molecule has 1 fully saturated rings. The van der Waals surface area contributed by atoms with Gasteiger partial charge in [-0.2, -0.15) is 0 Å². The van der Waals surface area contributed by atoms with Crippen molar-refractivity contribution in [2.75, 3.05) is 6.54 Å². The molecular formula is C3H7N3O. The third kappa shape index (κ3) is 0.767. The van der Waals surface area contributed by atoms with Crippen molar-refractivity contribution in [1.82, 2.24) is 10.9 Å². The molecule has 4 heteroatoms. The van der Waals surface area contributed by atoms with Crippen molar-refractivity contribution in [3.63, 3.8) is 0 Å². The van der Waals surface area contributed by atoms with E-state index in [0.29, 0.717) is 6.54 Å². The summed E-state index contributed by atoms with van der Waals surface area (Å²) in [4.78, 5) is 10.3. The van der Waals surface area contributed by atoms with E-state index in [9.17, 15) is 4.79 Å². The minimum Gasteiger partial charge on any atom is -0.309 e. The van der Waals surface area contributed by atoms with E-state index in [1.807, 2.05) is 0 Å². The van der Waals surface area contributed by atoms with E-state index in [2.05, 4.69) is 10.9 Å². The van der Waals surface area contributed by atoms with Gasteiger partial charge in [0, 0.05) is 0 Å². The SMILES string of the molecule is NC1NNCC1=O. The quantitative estimate of drug-likeness (QED) is 0.328. The number of hydrogen-bond donors (Lipinski definition) is 3. The number of hydrazine groups is 1. The van der Waals surface area contributed by atoms with Crippen LogP contribution in [0.4, 0.5) is 0 Å². The molecule has 1 aliphatic heterocycles. The van der Waals surface area contributed by atoms with Gasteiger partial charge in [-0.15, -0.1) is 0 Å². The van der Waals surface area contributed by atoms with Gasteiger partial charge in [-0.25, -0.2) is 10.9 Å². The third-order valence-corrected chi connectivity index (χ3v) is 0.867. The minimum atomic E-state index is -0.486. The van der Waals surface area contributed by atoms with Crippen LogP contribution in [-0.4, -0.2) is 18.5 Å². The lowest BCUT2D eigenvalue weighted by Crippen LogP contribution is -2.39. The van der Waals surface area contributed by atoms with Gasteiger partial charge in [-0.1, -0.05) is 0 Å². The van der Waals surface area contributed by atoms with Crippen molar-refractivity contribution in [1.29, 1.82) is 0 Å². The molecule has 0 aromatic rings. The number of rotatable bonds is 0. The largest absolute Gasteiger partial charge is 0.309 e. The zero-order chi connectivity index (χ0) is 5.28. The van der Waals surface area contributed by atoms with E-state index in [-0.39, 0.29) is 5.78 Å². The van der Waals surface area contributed by atoms with Gasteiger partial charge < -0.3 is 5.73 Å². The second kappa shape index (κ2) is 1.57. The summed E-state index contributed by atoms with van der Waals surface area (Å²) in [5.41, 5.74) is 10.3. The van der Waals surface area contributed by atoms with E-state index in [0.717, 1.165) is 0 Å². The Kier molecular flexibility index (Phi) is 1.06. The molecule has 40 valence electrons. The average molecular weight is 101 g/mol. The van der Waals surface area contributed by atoms with Gasteiger partial charge in [0.15, 0.2) is 5.78 Å². The fourth-order valence-corrected chi connectivity index (χ4v) is 0.439. The van der Waals surface area contributed by atoms with Crippen LogP contribution in [0.5, 0.6) is 0 Å². The predicted octanol–water partition coefficient (Wildman–Crippen LogP) is -2.05. The van der Waals surface area contributed by atoms with Crippen LogP contribution in [0.2, 0.25) is 0 Å². The molecule has 4 nitrogen and oxygen atoms in total. The molecule has 0 amide bonds. The van der Waals surface area contributed by atoms with E-state index in [4.69, 9.17) is 5.73 Å². The molecule has 1 atom stereocenters. The standard InChI is InChI=1S/C3H7N3O/c4-3-2(7)1-5-6-3/h3,5-6H,1,4H2. The lowest BCUT2D eigenvalue weighted by atomic mass is 10.4. The molecule has 1 saturated heterocycles. The molecule has 1 heterocycles. The zero-order valence-electron chi connectivity index (χ0n) is 3.77. The second-order valence-corrected chi connectivity index (χ2v) is 1.44. The van der Waals surface area contributed by atoms with Crippen molar-refractivity contribution in [2.24, 2.45) is 5.73 Å².